The third-order valence-corrected chi connectivity index (χ3v) is 7.00. The molecular weight excluding hydrogens is 466 g/mol. The van der Waals surface area contributed by atoms with E-state index in [1.165, 1.54) is 5.69 Å². The molecule has 0 unspecified atom stereocenters. The highest BCUT2D eigenvalue weighted by Crippen LogP contribution is 2.28. The Morgan fingerprint density at radius 2 is 1.68 bits per heavy atom. The minimum atomic E-state index is 0.591. The molecule has 3 heterocycles. The Balaban J connectivity index is 1.25. The van der Waals surface area contributed by atoms with E-state index in [0.29, 0.717) is 6.04 Å². The Bertz CT molecular complexity index is 1320. The summed E-state index contributed by atoms with van der Waals surface area (Å²) in [5.74, 6) is 3.06. The summed E-state index contributed by atoms with van der Waals surface area (Å²) in [6, 6.07) is 15.0. The number of hydrogen-bond acceptors (Lipinski definition) is 8. The van der Waals surface area contributed by atoms with Gasteiger partial charge >= 0.3 is 0 Å². The highest BCUT2D eigenvalue weighted by Gasteiger charge is 2.19. The van der Waals surface area contributed by atoms with Crippen LogP contribution in [0.1, 0.15) is 25.1 Å². The smallest absolute Gasteiger partial charge is 0.153 e. The predicted octanol–water partition coefficient (Wildman–Crippen LogP) is 4.43. The van der Waals surface area contributed by atoms with E-state index in [2.05, 4.69) is 67.3 Å². The molecule has 1 aliphatic rings. The van der Waals surface area contributed by atoms with Crippen molar-refractivity contribution in [2.75, 3.05) is 50.6 Å². The van der Waals surface area contributed by atoms with Crippen LogP contribution in [0.3, 0.4) is 0 Å². The van der Waals surface area contributed by atoms with Gasteiger partial charge in [-0.1, -0.05) is 0 Å². The fourth-order valence-electron chi connectivity index (χ4n) is 4.80. The lowest BCUT2D eigenvalue weighted by atomic mass is 10.1. The first-order chi connectivity index (χ1) is 18.0. The van der Waals surface area contributed by atoms with E-state index in [4.69, 9.17) is 9.47 Å². The largest absolute Gasteiger partial charge is 0.497 e. The zero-order chi connectivity index (χ0) is 25.8. The molecule has 0 bridgehead atoms. The summed E-state index contributed by atoms with van der Waals surface area (Å²) >= 11 is 0. The van der Waals surface area contributed by atoms with Crippen LogP contribution < -0.4 is 19.7 Å². The van der Waals surface area contributed by atoms with Crippen LogP contribution >= 0.6 is 0 Å². The molecule has 9 nitrogen and oxygen atoms in total. The number of benzene rings is 2. The van der Waals surface area contributed by atoms with Crippen molar-refractivity contribution in [1.82, 2.24) is 25.1 Å². The number of rotatable bonds is 9. The average Bonchev–Trinajstić information content (AvgIpc) is 3.38. The molecule has 0 spiro atoms. The quantitative estimate of drug-likeness (QED) is 0.348. The molecule has 2 aromatic carbocycles. The Morgan fingerprint density at radius 1 is 0.919 bits per heavy atom. The molecule has 0 saturated carbocycles. The molecule has 1 aliphatic heterocycles. The fraction of sp³-hybridized carbons (Fsp3) is 0.393. The van der Waals surface area contributed by atoms with E-state index < -0.39 is 0 Å². The zero-order valence-electron chi connectivity index (χ0n) is 22.0. The zero-order valence-corrected chi connectivity index (χ0v) is 22.0. The minimum absolute atomic E-state index is 0.591. The Labute approximate surface area is 217 Å². The second-order valence-corrected chi connectivity index (χ2v) is 9.66. The van der Waals surface area contributed by atoms with Crippen molar-refractivity contribution < 1.29 is 9.47 Å². The first kappa shape index (κ1) is 24.8. The van der Waals surface area contributed by atoms with Gasteiger partial charge in [0, 0.05) is 61.1 Å². The van der Waals surface area contributed by atoms with Crippen LogP contribution in [0.5, 0.6) is 11.5 Å². The number of hydrogen-bond donors (Lipinski definition) is 2. The van der Waals surface area contributed by atoms with E-state index >= 15 is 0 Å². The van der Waals surface area contributed by atoms with Gasteiger partial charge in [-0.15, -0.1) is 0 Å². The van der Waals surface area contributed by atoms with Gasteiger partial charge in [-0.25, -0.2) is 9.97 Å². The Kier molecular flexibility index (Phi) is 7.41. The number of nitrogens with zero attached hydrogens (tertiary/aromatic N) is 5. The molecule has 1 fully saturated rings. The third kappa shape index (κ3) is 5.77. The van der Waals surface area contributed by atoms with Gasteiger partial charge in [-0.05, 0) is 62.6 Å². The van der Waals surface area contributed by atoms with Crippen LogP contribution in [0.4, 0.5) is 17.3 Å². The highest BCUT2D eigenvalue weighted by atomic mass is 16.5. The summed E-state index contributed by atoms with van der Waals surface area (Å²) in [4.78, 5) is 14.0. The first-order valence-corrected chi connectivity index (χ1v) is 12.8. The molecule has 194 valence electrons. The van der Waals surface area contributed by atoms with Gasteiger partial charge in [0.15, 0.2) is 5.82 Å². The summed E-state index contributed by atoms with van der Waals surface area (Å²) in [6.07, 6.45) is 3.25. The summed E-state index contributed by atoms with van der Waals surface area (Å²) < 4.78 is 10.8. The number of aromatic nitrogens is 4. The third-order valence-electron chi connectivity index (χ3n) is 7.00. The maximum atomic E-state index is 5.38. The maximum Gasteiger partial charge on any atom is 0.153 e. The van der Waals surface area contributed by atoms with E-state index in [9.17, 15) is 0 Å². The normalized spacial score (nSPS) is 14.4. The highest BCUT2D eigenvalue weighted by molar-refractivity contribution is 5.92. The van der Waals surface area contributed by atoms with Gasteiger partial charge in [0.1, 0.15) is 23.6 Å². The number of aryl methyl sites for hydroxylation is 2. The number of ether oxygens (including phenoxy) is 2. The van der Waals surface area contributed by atoms with E-state index in [1.807, 2.05) is 24.3 Å². The monoisotopic (exact) mass is 501 g/mol. The molecule has 2 N–H and O–H groups in total. The average molecular weight is 502 g/mol. The predicted molar refractivity (Wildman–Crippen MR) is 147 cm³/mol. The van der Waals surface area contributed by atoms with Crippen molar-refractivity contribution in [3.8, 4) is 11.5 Å². The van der Waals surface area contributed by atoms with E-state index in [0.717, 1.165) is 84.3 Å². The molecule has 0 atom stereocenters. The lowest BCUT2D eigenvalue weighted by Crippen LogP contribution is -2.48. The van der Waals surface area contributed by atoms with Crippen molar-refractivity contribution in [1.29, 1.82) is 0 Å². The van der Waals surface area contributed by atoms with Crippen LogP contribution in [0.15, 0.2) is 48.8 Å². The van der Waals surface area contributed by atoms with Crippen LogP contribution in [0, 0.1) is 0 Å². The lowest BCUT2D eigenvalue weighted by Gasteiger charge is -2.38. The van der Waals surface area contributed by atoms with Crippen molar-refractivity contribution in [3.05, 3.63) is 60.0 Å². The second-order valence-electron chi connectivity index (χ2n) is 9.66. The number of nitrogens with one attached hydrogen (secondary N) is 2. The molecule has 0 radical (unpaired) electrons. The van der Waals surface area contributed by atoms with Crippen LogP contribution in [0.25, 0.3) is 10.9 Å². The number of methoxy groups -OCH3 is 2. The molecule has 37 heavy (non-hydrogen) atoms. The first-order valence-electron chi connectivity index (χ1n) is 12.8. The summed E-state index contributed by atoms with van der Waals surface area (Å²) in [6.45, 7) is 8.74. The van der Waals surface area contributed by atoms with Crippen LogP contribution in [-0.2, 0) is 12.8 Å². The maximum absolute atomic E-state index is 5.38. The number of H-pyrrole nitrogens is 1. The Morgan fingerprint density at radius 3 is 2.38 bits per heavy atom. The van der Waals surface area contributed by atoms with Crippen molar-refractivity contribution in [3.63, 3.8) is 0 Å². The molecule has 1 saturated heterocycles. The number of anilines is 3. The van der Waals surface area contributed by atoms with Gasteiger partial charge in [-0.3, -0.25) is 10.00 Å². The van der Waals surface area contributed by atoms with Crippen molar-refractivity contribution >= 4 is 28.2 Å². The number of aromatic amines is 1. The fourth-order valence-corrected chi connectivity index (χ4v) is 4.80. The van der Waals surface area contributed by atoms with Crippen LogP contribution in [0.2, 0.25) is 0 Å². The molecule has 0 amide bonds. The van der Waals surface area contributed by atoms with Gasteiger partial charge in [0.25, 0.3) is 0 Å². The summed E-state index contributed by atoms with van der Waals surface area (Å²) in [5.41, 5.74) is 4.30. The van der Waals surface area contributed by atoms with Crippen molar-refractivity contribution in [2.24, 2.45) is 0 Å². The Hall–Kier alpha value is -3.85. The minimum Gasteiger partial charge on any atom is -0.497 e. The molecule has 9 heteroatoms. The van der Waals surface area contributed by atoms with Gasteiger partial charge < -0.3 is 19.7 Å². The summed E-state index contributed by atoms with van der Waals surface area (Å²) in [7, 11) is 3.33. The number of piperazine rings is 1. The standard InChI is InChI=1S/C28H35N7O2/c1-19(2)34-9-11-35(12-10-34)22-7-8-25-26(16-22)29-18-30-28(25)31-27-15-21(32-33-27)6-5-20-13-23(36-3)17-24(14-20)37-4/h7-8,13-19H,5-6,9-12H2,1-4H3,(H2,29,30,31,32,33). The molecule has 4 aromatic rings. The van der Waals surface area contributed by atoms with Gasteiger partial charge in [0.05, 0.1) is 19.7 Å². The van der Waals surface area contributed by atoms with Gasteiger partial charge in [0.2, 0.25) is 0 Å². The lowest BCUT2D eigenvalue weighted by molar-refractivity contribution is 0.209. The second kappa shape index (κ2) is 11.0. The summed E-state index contributed by atoms with van der Waals surface area (Å²) in [5, 5.41) is 11.9. The molecule has 2 aromatic heterocycles. The molecule has 0 aliphatic carbocycles. The topological polar surface area (TPSA) is 91.4 Å². The van der Waals surface area contributed by atoms with Crippen molar-refractivity contribution in [2.45, 2.75) is 32.7 Å². The van der Waals surface area contributed by atoms with E-state index in [-0.39, 0.29) is 0 Å². The van der Waals surface area contributed by atoms with Crippen LogP contribution in [-0.4, -0.2) is 71.5 Å². The SMILES string of the molecule is COc1cc(CCc2cc(Nc3ncnc4cc(N5CCN(C(C)C)CC5)ccc34)n[nH]2)cc(OC)c1. The molecule has 5 rings (SSSR count). The number of fused-ring (bicyclic) bond motifs is 1. The van der Waals surface area contributed by atoms with E-state index in [1.54, 1.807) is 20.5 Å². The van der Waals surface area contributed by atoms with Gasteiger partial charge in [-0.2, -0.15) is 5.10 Å². The molecular formula is C28H35N7O2.